The number of nitrogens with one attached hydrogen (secondary N) is 1. The van der Waals surface area contributed by atoms with Crippen molar-refractivity contribution >= 4 is 0 Å². The molecule has 0 saturated heterocycles. The Labute approximate surface area is 125 Å². The van der Waals surface area contributed by atoms with Crippen LogP contribution in [-0.2, 0) is 11.2 Å². The van der Waals surface area contributed by atoms with Gasteiger partial charge in [-0.3, -0.25) is 0 Å². The fraction of sp³-hybridized carbons (Fsp3) is 0.647. The Morgan fingerprint density at radius 1 is 1.29 bits per heavy atom. The monoisotopic (exact) mass is 297 g/mol. The van der Waals surface area contributed by atoms with E-state index in [-0.39, 0.29) is 11.6 Å². The summed E-state index contributed by atoms with van der Waals surface area (Å²) < 4.78 is 33.2. The maximum atomic E-state index is 14.0. The number of ether oxygens (including phenoxy) is 1. The van der Waals surface area contributed by atoms with Gasteiger partial charge < -0.3 is 10.1 Å². The first-order valence-electron chi connectivity index (χ1n) is 7.84. The van der Waals surface area contributed by atoms with Crippen LogP contribution in [0.25, 0.3) is 0 Å². The fourth-order valence-electron chi connectivity index (χ4n) is 3.36. The van der Waals surface area contributed by atoms with Crippen LogP contribution in [0.15, 0.2) is 18.2 Å². The fourth-order valence-corrected chi connectivity index (χ4v) is 3.36. The van der Waals surface area contributed by atoms with Gasteiger partial charge in [0.25, 0.3) is 0 Å². The van der Waals surface area contributed by atoms with Crippen LogP contribution in [0.4, 0.5) is 8.78 Å². The molecule has 4 heteroatoms. The van der Waals surface area contributed by atoms with Gasteiger partial charge in [0.15, 0.2) is 11.6 Å². The van der Waals surface area contributed by atoms with Crippen LogP contribution in [0.3, 0.4) is 0 Å². The molecule has 1 fully saturated rings. The van der Waals surface area contributed by atoms with Crippen molar-refractivity contribution in [1.82, 2.24) is 5.32 Å². The van der Waals surface area contributed by atoms with E-state index in [1.54, 1.807) is 19.2 Å². The molecule has 1 aliphatic rings. The molecule has 1 aromatic rings. The third kappa shape index (κ3) is 3.61. The molecule has 1 atom stereocenters. The molecule has 0 radical (unpaired) electrons. The molecular formula is C17H25F2NO. The van der Waals surface area contributed by atoms with Gasteiger partial charge in [0.05, 0.1) is 5.60 Å². The first-order chi connectivity index (χ1) is 10.1. The van der Waals surface area contributed by atoms with Crippen molar-refractivity contribution < 1.29 is 13.5 Å². The molecule has 1 aliphatic carbocycles. The summed E-state index contributed by atoms with van der Waals surface area (Å²) in [5.74, 6) is -1.51. The molecule has 1 N–H and O–H groups in total. The van der Waals surface area contributed by atoms with Crippen LogP contribution in [0.2, 0.25) is 0 Å². The minimum Gasteiger partial charge on any atom is -0.377 e. The van der Waals surface area contributed by atoms with E-state index in [0.717, 1.165) is 44.7 Å². The SMILES string of the molecule is CCCNC(Cc1cccc(F)c1F)C1(OC)CCCC1. The quantitative estimate of drug-likeness (QED) is 0.826. The zero-order valence-corrected chi connectivity index (χ0v) is 12.9. The molecule has 0 amide bonds. The second kappa shape index (κ2) is 7.32. The first-order valence-corrected chi connectivity index (χ1v) is 7.84. The molecule has 118 valence electrons. The van der Waals surface area contributed by atoms with Crippen molar-refractivity contribution in [3.8, 4) is 0 Å². The maximum Gasteiger partial charge on any atom is 0.162 e. The van der Waals surface area contributed by atoms with Crippen molar-refractivity contribution in [1.29, 1.82) is 0 Å². The van der Waals surface area contributed by atoms with E-state index < -0.39 is 11.6 Å². The second-order valence-corrected chi connectivity index (χ2v) is 5.90. The maximum absolute atomic E-state index is 14.0. The van der Waals surface area contributed by atoms with Gasteiger partial charge in [-0.2, -0.15) is 0 Å². The molecule has 2 nitrogen and oxygen atoms in total. The highest BCUT2D eigenvalue weighted by molar-refractivity contribution is 5.21. The summed E-state index contributed by atoms with van der Waals surface area (Å²) in [6.45, 7) is 2.95. The van der Waals surface area contributed by atoms with Gasteiger partial charge in [0.2, 0.25) is 0 Å². The highest BCUT2D eigenvalue weighted by Gasteiger charge is 2.41. The molecule has 1 saturated carbocycles. The number of halogens is 2. The minimum atomic E-state index is -0.778. The highest BCUT2D eigenvalue weighted by atomic mass is 19.2. The standard InChI is InChI=1S/C17H25F2NO/c1-3-11-20-15(17(21-2)9-4-5-10-17)12-13-7-6-8-14(18)16(13)19/h6-8,15,20H,3-5,9-12H2,1-2H3. The molecule has 0 aromatic heterocycles. The predicted molar refractivity (Wildman–Crippen MR) is 80.4 cm³/mol. The van der Waals surface area contributed by atoms with E-state index >= 15 is 0 Å². The van der Waals surface area contributed by atoms with E-state index in [1.807, 2.05) is 0 Å². The Morgan fingerprint density at radius 3 is 2.62 bits per heavy atom. The molecule has 1 unspecified atom stereocenters. The van der Waals surface area contributed by atoms with Crippen LogP contribution < -0.4 is 5.32 Å². The van der Waals surface area contributed by atoms with Gasteiger partial charge in [-0.05, 0) is 43.9 Å². The molecule has 0 spiro atoms. The van der Waals surface area contributed by atoms with Crippen molar-refractivity contribution in [2.75, 3.05) is 13.7 Å². The summed E-state index contributed by atoms with van der Waals surface area (Å²) >= 11 is 0. The normalized spacial score (nSPS) is 18.9. The number of hydrogen-bond acceptors (Lipinski definition) is 2. The summed E-state index contributed by atoms with van der Waals surface area (Å²) in [4.78, 5) is 0. The number of benzene rings is 1. The Balaban J connectivity index is 2.21. The number of rotatable bonds is 7. The molecule has 1 aromatic carbocycles. The zero-order chi connectivity index (χ0) is 15.3. The Hall–Kier alpha value is -1.00. The summed E-state index contributed by atoms with van der Waals surface area (Å²) in [5.41, 5.74) is 0.167. The smallest absolute Gasteiger partial charge is 0.162 e. The van der Waals surface area contributed by atoms with E-state index in [2.05, 4.69) is 12.2 Å². The Morgan fingerprint density at radius 2 is 2.00 bits per heavy atom. The highest BCUT2D eigenvalue weighted by Crippen LogP contribution is 2.37. The molecular weight excluding hydrogens is 272 g/mol. The lowest BCUT2D eigenvalue weighted by Gasteiger charge is -2.37. The summed E-state index contributed by atoms with van der Waals surface area (Å²) in [6, 6.07) is 4.41. The van der Waals surface area contributed by atoms with Gasteiger partial charge in [-0.25, -0.2) is 8.78 Å². The van der Waals surface area contributed by atoms with E-state index in [0.29, 0.717) is 12.0 Å². The van der Waals surface area contributed by atoms with Gasteiger partial charge in [-0.15, -0.1) is 0 Å². The van der Waals surface area contributed by atoms with Crippen LogP contribution in [0.5, 0.6) is 0 Å². The van der Waals surface area contributed by atoms with E-state index in [4.69, 9.17) is 4.74 Å². The van der Waals surface area contributed by atoms with Crippen LogP contribution in [-0.4, -0.2) is 25.3 Å². The largest absolute Gasteiger partial charge is 0.377 e. The molecule has 2 rings (SSSR count). The molecule has 0 heterocycles. The van der Waals surface area contributed by atoms with E-state index in [1.165, 1.54) is 0 Å². The van der Waals surface area contributed by atoms with Gasteiger partial charge in [0.1, 0.15) is 0 Å². The predicted octanol–water partition coefficient (Wildman–Crippen LogP) is 3.83. The van der Waals surface area contributed by atoms with Crippen LogP contribution in [0.1, 0.15) is 44.6 Å². The van der Waals surface area contributed by atoms with Gasteiger partial charge in [0, 0.05) is 13.2 Å². The second-order valence-electron chi connectivity index (χ2n) is 5.90. The molecule has 21 heavy (non-hydrogen) atoms. The van der Waals surface area contributed by atoms with Gasteiger partial charge in [-0.1, -0.05) is 31.9 Å². The average molecular weight is 297 g/mol. The summed E-state index contributed by atoms with van der Waals surface area (Å²) in [5, 5.41) is 3.48. The molecule has 0 aliphatic heterocycles. The summed E-state index contributed by atoms with van der Waals surface area (Å²) in [7, 11) is 1.73. The lowest BCUT2D eigenvalue weighted by Crippen LogP contribution is -2.52. The van der Waals surface area contributed by atoms with Crippen molar-refractivity contribution in [2.45, 2.75) is 57.1 Å². The van der Waals surface area contributed by atoms with E-state index in [9.17, 15) is 8.78 Å². The van der Waals surface area contributed by atoms with Crippen LogP contribution >= 0.6 is 0 Å². The van der Waals surface area contributed by atoms with Crippen molar-refractivity contribution in [3.05, 3.63) is 35.4 Å². The third-order valence-electron chi connectivity index (χ3n) is 4.59. The van der Waals surface area contributed by atoms with Crippen molar-refractivity contribution in [2.24, 2.45) is 0 Å². The lowest BCUT2D eigenvalue weighted by molar-refractivity contribution is -0.0356. The average Bonchev–Trinajstić information content (AvgIpc) is 2.97. The lowest BCUT2D eigenvalue weighted by atomic mass is 9.87. The van der Waals surface area contributed by atoms with Crippen molar-refractivity contribution in [3.63, 3.8) is 0 Å². The van der Waals surface area contributed by atoms with Gasteiger partial charge >= 0.3 is 0 Å². The minimum absolute atomic E-state index is 0.0150. The topological polar surface area (TPSA) is 21.3 Å². The zero-order valence-electron chi connectivity index (χ0n) is 12.9. The molecule has 0 bridgehead atoms. The van der Waals surface area contributed by atoms with Crippen LogP contribution in [0, 0.1) is 11.6 Å². The number of methoxy groups -OCH3 is 1. The summed E-state index contributed by atoms with van der Waals surface area (Å²) in [6.07, 6.45) is 5.66. The first kappa shape index (κ1) is 16.4. The Bertz CT molecular complexity index is 458. The number of hydrogen-bond donors (Lipinski definition) is 1. The Kier molecular flexibility index (Phi) is 5.71. The third-order valence-corrected chi connectivity index (χ3v) is 4.59.